The number of nitrogens with zero attached hydrogens (tertiary/aromatic N) is 2. The van der Waals surface area contributed by atoms with Gasteiger partial charge in [-0.3, -0.25) is 19.5 Å². The first-order chi connectivity index (χ1) is 8.77. The Morgan fingerprint density at radius 1 is 1.22 bits per heavy atom. The molecule has 1 aliphatic carbocycles. The smallest absolute Gasteiger partial charge is 0.261 e. The molecule has 0 radical (unpaired) electrons. The molecule has 0 unspecified atom stereocenters. The van der Waals surface area contributed by atoms with E-state index in [-0.39, 0.29) is 18.4 Å². The Balaban J connectivity index is 1.86. The number of pyridine rings is 1. The Morgan fingerprint density at radius 3 is 2.83 bits per heavy atom. The highest BCUT2D eigenvalue weighted by Gasteiger charge is 2.37. The lowest BCUT2D eigenvalue weighted by Crippen LogP contribution is -2.31. The minimum absolute atomic E-state index is 0.162. The summed E-state index contributed by atoms with van der Waals surface area (Å²) in [6, 6.07) is 5.47. The molecule has 2 aliphatic rings. The van der Waals surface area contributed by atoms with Crippen molar-refractivity contribution in [3.8, 4) is 0 Å². The van der Waals surface area contributed by atoms with Crippen LogP contribution in [0.1, 0.15) is 18.5 Å². The summed E-state index contributed by atoms with van der Waals surface area (Å²) >= 11 is 0. The second-order valence-corrected chi connectivity index (χ2v) is 4.35. The Kier molecular flexibility index (Phi) is 2.55. The Bertz CT molecular complexity index is 573. The quantitative estimate of drug-likeness (QED) is 0.738. The second kappa shape index (κ2) is 4.22. The maximum absolute atomic E-state index is 12.1. The Hall–Kier alpha value is -2.23. The van der Waals surface area contributed by atoms with Gasteiger partial charge >= 0.3 is 0 Å². The van der Waals surface area contributed by atoms with Gasteiger partial charge < -0.3 is 0 Å². The number of carbonyl (C=O) groups excluding carboxylic acids is 2. The van der Waals surface area contributed by atoms with E-state index in [1.807, 2.05) is 24.3 Å². The van der Waals surface area contributed by atoms with Crippen LogP contribution in [0.4, 0.5) is 0 Å². The summed E-state index contributed by atoms with van der Waals surface area (Å²) in [6.07, 6.45) is 6.85. The molecule has 0 aromatic carbocycles. The third-order valence-corrected chi connectivity index (χ3v) is 3.20. The largest absolute Gasteiger partial charge is 0.269 e. The van der Waals surface area contributed by atoms with Crippen LogP contribution in [0.2, 0.25) is 0 Å². The highest BCUT2D eigenvalue weighted by Crippen LogP contribution is 2.29. The molecule has 2 heterocycles. The number of allylic oxidation sites excluding steroid dienone is 1. The van der Waals surface area contributed by atoms with Gasteiger partial charge in [-0.15, -0.1) is 0 Å². The van der Waals surface area contributed by atoms with Crippen LogP contribution in [-0.2, 0) is 16.1 Å². The van der Waals surface area contributed by atoms with Gasteiger partial charge in [0.2, 0.25) is 0 Å². The fraction of sp³-hybridized carbons (Fsp3) is 0.214. The molecule has 0 fully saturated rings. The van der Waals surface area contributed by atoms with Gasteiger partial charge in [0.25, 0.3) is 11.8 Å². The van der Waals surface area contributed by atoms with E-state index in [1.165, 1.54) is 4.90 Å². The van der Waals surface area contributed by atoms with Crippen molar-refractivity contribution < 1.29 is 9.59 Å². The summed E-state index contributed by atoms with van der Waals surface area (Å²) in [5.41, 5.74) is 1.93. The van der Waals surface area contributed by atoms with E-state index in [0.29, 0.717) is 17.6 Å². The lowest BCUT2D eigenvalue weighted by Gasteiger charge is -2.13. The predicted octanol–water partition coefficient (Wildman–Crippen LogP) is 1.60. The van der Waals surface area contributed by atoms with E-state index in [4.69, 9.17) is 0 Å². The average molecular weight is 240 g/mol. The van der Waals surface area contributed by atoms with Crippen LogP contribution in [0.5, 0.6) is 0 Å². The van der Waals surface area contributed by atoms with Gasteiger partial charge in [-0.25, -0.2) is 0 Å². The molecule has 0 N–H and O–H groups in total. The zero-order chi connectivity index (χ0) is 12.5. The molecule has 4 heteroatoms. The standard InChI is InChI=1S/C14H12N2O2/c17-13-11-6-1-2-7-12(11)14(18)16(13)9-10-5-3-4-8-15-10/h1,3-6,8H,2,7,9H2. The average Bonchev–Trinajstić information content (AvgIpc) is 2.66. The van der Waals surface area contributed by atoms with Gasteiger partial charge in [0, 0.05) is 17.3 Å². The summed E-state index contributed by atoms with van der Waals surface area (Å²) in [6.45, 7) is 0.249. The summed E-state index contributed by atoms with van der Waals surface area (Å²) < 4.78 is 0. The third-order valence-electron chi connectivity index (χ3n) is 3.20. The van der Waals surface area contributed by atoms with Gasteiger partial charge in [0.1, 0.15) is 0 Å². The number of amides is 2. The first kappa shape index (κ1) is 10.9. The van der Waals surface area contributed by atoms with Gasteiger partial charge in [0.15, 0.2) is 0 Å². The van der Waals surface area contributed by atoms with Gasteiger partial charge in [0.05, 0.1) is 12.2 Å². The molecule has 18 heavy (non-hydrogen) atoms. The number of hydrogen-bond acceptors (Lipinski definition) is 3. The molecule has 2 amide bonds. The Morgan fingerprint density at radius 2 is 2.11 bits per heavy atom. The van der Waals surface area contributed by atoms with Crippen LogP contribution < -0.4 is 0 Å². The molecule has 1 aliphatic heterocycles. The molecule has 1 aromatic rings. The lowest BCUT2D eigenvalue weighted by molar-refractivity contribution is -0.138. The van der Waals surface area contributed by atoms with Crippen LogP contribution >= 0.6 is 0 Å². The van der Waals surface area contributed by atoms with Gasteiger partial charge in [-0.2, -0.15) is 0 Å². The summed E-state index contributed by atoms with van der Waals surface area (Å²) in [5.74, 6) is -0.360. The van der Waals surface area contributed by atoms with Crippen molar-refractivity contribution in [3.05, 3.63) is 53.4 Å². The van der Waals surface area contributed by atoms with Crippen molar-refractivity contribution in [2.75, 3.05) is 0 Å². The van der Waals surface area contributed by atoms with E-state index in [9.17, 15) is 9.59 Å². The van der Waals surface area contributed by atoms with E-state index >= 15 is 0 Å². The van der Waals surface area contributed by atoms with Crippen LogP contribution in [-0.4, -0.2) is 21.7 Å². The first-order valence-corrected chi connectivity index (χ1v) is 5.93. The molecule has 0 bridgehead atoms. The monoisotopic (exact) mass is 240 g/mol. The second-order valence-electron chi connectivity index (χ2n) is 4.35. The maximum atomic E-state index is 12.1. The van der Waals surface area contributed by atoms with E-state index < -0.39 is 0 Å². The molecule has 0 saturated heterocycles. The number of rotatable bonds is 2. The van der Waals surface area contributed by atoms with Crippen LogP contribution in [0, 0.1) is 0 Å². The van der Waals surface area contributed by atoms with Crippen LogP contribution in [0.3, 0.4) is 0 Å². The first-order valence-electron chi connectivity index (χ1n) is 5.93. The molecule has 90 valence electrons. The van der Waals surface area contributed by atoms with E-state index in [1.54, 1.807) is 12.3 Å². The summed E-state index contributed by atoms with van der Waals surface area (Å²) in [5, 5.41) is 0. The number of carbonyl (C=O) groups is 2. The van der Waals surface area contributed by atoms with Crippen molar-refractivity contribution in [3.63, 3.8) is 0 Å². The zero-order valence-corrected chi connectivity index (χ0v) is 9.80. The molecule has 4 nitrogen and oxygen atoms in total. The predicted molar refractivity (Wildman–Crippen MR) is 65.2 cm³/mol. The lowest BCUT2D eigenvalue weighted by atomic mass is 10.00. The van der Waals surface area contributed by atoms with Crippen molar-refractivity contribution >= 4 is 11.8 Å². The van der Waals surface area contributed by atoms with Gasteiger partial charge in [-0.05, 0) is 25.0 Å². The molecule has 0 saturated carbocycles. The summed E-state index contributed by atoms with van der Waals surface area (Å²) in [4.78, 5) is 29.7. The van der Waals surface area contributed by atoms with Crippen molar-refractivity contribution in [2.24, 2.45) is 0 Å². The SMILES string of the molecule is O=C1C2=C(CCC=C2)C(=O)N1Cc1ccccn1. The molecule has 3 rings (SSSR count). The van der Waals surface area contributed by atoms with Gasteiger partial charge in [-0.1, -0.05) is 18.2 Å². The van der Waals surface area contributed by atoms with Crippen molar-refractivity contribution in [1.82, 2.24) is 9.88 Å². The minimum Gasteiger partial charge on any atom is -0.269 e. The third kappa shape index (κ3) is 1.66. The molecule has 1 aromatic heterocycles. The topological polar surface area (TPSA) is 50.3 Å². The fourth-order valence-corrected chi connectivity index (χ4v) is 2.28. The number of imide groups is 1. The summed E-state index contributed by atoms with van der Waals surface area (Å²) in [7, 11) is 0. The molecular weight excluding hydrogens is 228 g/mol. The normalized spacial score (nSPS) is 18.6. The number of hydrogen-bond donors (Lipinski definition) is 0. The van der Waals surface area contributed by atoms with E-state index in [0.717, 1.165) is 12.1 Å². The van der Waals surface area contributed by atoms with Crippen LogP contribution in [0.25, 0.3) is 0 Å². The highest BCUT2D eigenvalue weighted by atomic mass is 16.2. The molecule has 0 spiro atoms. The van der Waals surface area contributed by atoms with Crippen molar-refractivity contribution in [2.45, 2.75) is 19.4 Å². The fourth-order valence-electron chi connectivity index (χ4n) is 2.28. The Labute approximate surface area is 105 Å². The highest BCUT2D eigenvalue weighted by molar-refractivity contribution is 6.20. The van der Waals surface area contributed by atoms with Crippen molar-refractivity contribution in [1.29, 1.82) is 0 Å². The molecule has 0 atom stereocenters. The van der Waals surface area contributed by atoms with Crippen LogP contribution in [0.15, 0.2) is 47.7 Å². The zero-order valence-electron chi connectivity index (χ0n) is 9.80. The minimum atomic E-state index is -0.198. The maximum Gasteiger partial charge on any atom is 0.261 e. The van der Waals surface area contributed by atoms with E-state index in [2.05, 4.69) is 4.98 Å². The molecular formula is C14H12N2O2. The number of aromatic nitrogens is 1.